The van der Waals surface area contributed by atoms with Crippen molar-refractivity contribution in [2.24, 2.45) is 5.73 Å². The maximum absolute atomic E-state index is 12.4. The van der Waals surface area contributed by atoms with Crippen LogP contribution < -0.4 is 5.73 Å². The highest BCUT2D eigenvalue weighted by atomic mass is 32.2. The molecule has 2 rings (SSSR count). The molecule has 1 aliphatic carbocycles. The fraction of sp³-hybridized carbons (Fsp3) is 0.600. The van der Waals surface area contributed by atoms with Gasteiger partial charge in [0.2, 0.25) is 15.9 Å². The topological polar surface area (TPSA) is 109 Å². The number of rotatable bonds is 5. The predicted octanol–water partition coefficient (Wildman–Crippen LogP) is -0.172. The van der Waals surface area contributed by atoms with Crippen LogP contribution in [0.5, 0.6) is 0 Å². The van der Waals surface area contributed by atoms with Gasteiger partial charge in [0, 0.05) is 12.2 Å². The number of aromatic amines is 1. The minimum atomic E-state index is -3.70. The predicted molar refractivity (Wildman–Crippen MR) is 63.9 cm³/mol. The first-order chi connectivity index (χ1) is 8.51. The molecular formula is C10H16N4O3S. The van der Waals surface area contributed by atoms with E-state index in [4.69, 9.17) is 5.73 Å². The summed E-state index contributed by atoms with van der Waals surface area (Å²) >= 11 is 0. The van der Waals surface area contributed by atoms with Crippen LogP contribution in [0.3, 0.4) is 0 Å². The number of nitrogens with two attached hydrogens (primary N) is 1. The van der Waals surface area contributed by atoms with E-state index in [2.05, 4.69) is 10.2 Å². The third kappa shape index (κ3) is 2.54. The minimum Gasteiger partial charge on any atom is -0.369 e. The number of H-pyrrole nitrogens is 1. The first-order valence-corrected chi connectivity index (χ1v) is 7.25. The van der Waals surface area contributed by atoms with Gasteiger partial charge in [-0.15, -0.1) is 0 Å². The summed E-state index contributed by atoms with van der Waals surface area (Å²) in [6.45, 7) is -0.280. The molecule has 0 atom stereocenters. The van der Waals surface area contributed by atoms with Crippen LogP contribution in [0.15, 0.2) is 17.3 Å². The smallest absolute Gasteiger partial charge is 0.246 e. The average molecular weight is 272 g/mol. The van der Waals surface area contributed by atoms with Crippen LogP contribution in [0.4, 0.5) is 0 Å². The van der Waals surface area contributed by atoms with E-state index in [1.165, 1.54) is 16.7 Å². The number of primary amides is 1. The maximum Gasteiger partial charge on any atom is 0.246 e. The molecular weight excluding hydrogens is 256 g/mol. The molecule has 1 aromatic rings. The zero-order chi connectivity index (χ0) is 13.2. The summed E-state index contributed by atoms with van der Waals surface area (Å²) in [5, 5.41) is 6.09. The Morgan fingerprint density at radius 3 is 2.67 bits per heavy atom. The van der Waals surface area contributed by atoms with Gasteiger partial charge in [0.15, 0.2) is 0 Å². The summed E-state index contributed by atoms with van der Waals surface area (Å²) in [5.74, 6) is -0.644. The first kappa shape index (κ1) is 13.0. The van der Waals surface area contributed by atoms with Crippen molar-refractivity contribution in [3.05, 3.63) is 12.4 Å². The molecule has 1 heterocycles. The number of hydrogen-bond donors (Lipinski definition) is 2. The van der Waals surface area contributed by atoms with Crippen molar-refractivity contribution in [2.45, 2.75) is 36.6 Å². The molecule has 18 heavy (non-hydrogen) atoms. The van der Waals surface area contributed by atoms with E-state index in [9.17, 15) is 13.2 Å². The van der Waals surface area contributed by atoms with Crippen LogP contribution in [0, 0.1) is 0 Å². The molecule has 1 aliphatic rings. The van der Waals surface area contributed by atoms with Crippen LogP contribution in [-0.4, -0.2) is 41.4 Å². The molecule has 0 unspecified atom stereocenters. The van der Waals surface area contributed by atoms with E-state index in [0.29, 0.717) is 0 Å². The summed E-state index contributed by atoms with van der Waals surface area (Å²) in [4.78, 5) is 11.1. The molecule has 1 amide bonds. The van der Waals surface area contributed by atoms with Gasteiger partial charge in [-0.25, -0.2) is 8.42 Å². The third-order valence-electron chi connectivity index (χ3n) is 3.12. The lowest BCUT2D eigenvalue weighted by Crippen LogP contribution is -2.43. The Balaban J connectivity index is 2.30. The Kier molecular flexibility index (Phi) is 3.67. The number of carbonyl (C=O) groups is 1. The van der Waals surface area contributed by atoms with E-state index in [1.54, 1.807) is 0 Å². The molecule has 1 saturated carbocycles. The number of sulfonamides is 1. The van der Waals surface area contributed by atoms with E-state index in [1.807, 2.05) is 0 Å². The Morgan fingerprint density at radius 2 is 2.17 bits per heavy atom. The Bertz CT molecular complexity index is 505. The van der Waals surface area contributed by atoms with E-state index < -0.39 is 15.9 Å². The van der Waals surface area contributed by atoms with Gasteiger partial charge in [-0.3, -0.25) is 9.89 Å². The molecule has 100 valence electrons. The van der Waals surface area contributed by atoms with Crippen molar-refractivity contribution in [3.8, 4) is 0 Å². The Morgan fingerprint density at radius 1 is 1.50 bits per heavy atom. The molecule has 0 spiro atoms. The molecule has 0 aromatic carbocycles. The number of hydrogen-bond acceptors (Lipinski definition) is 4. The number of nitrogens with zero attached hydrogens (tertiary/aromatic N) is 2. The lowest BCUT2D eigenvalue weighted by Gasteiger charge is -2.26. The van der Waals surface area contributed by atoms with Crippen molar-refractivity contribution in [1.82, 2.24) is 14.5 Å². The Hall–Kier alpha value is -1.41. The molecule has 0 radical (unpaired) electrons. The van der Waals surface area contributed by atoms with Crippen LogP contribution >= 0.6 is 0 Å². The SMILES string of the molecule is NC(=O)CN(C1CCCC1)S(=O)(=O)c1cn[nH]c1. The van der Waals surface area contributed by atoms with Gasteiger partial charge in [-0.2, -0.15) is 9.40 Å². The van der Waals surface area contributed by atoms with Gasteiger partial charge in [0.05, 0.1) is 12.7 Å². The van der Waals surface area contributed by atoms with Gasteiger partial charge in [0.1, 0.15) is 4.90 Å². The van der Waals surface area contributed by atoms with E-state index in [0.717, 1.165) is 25.7 Å². The van der Waals surface area contributed by atoms with Gasteiger partial charge >= 0.3 is 0 Å². The van der Waals surface area contributed by atoms with Gasteiger partial charge in [-0.1, -0.05) is 12.8 Å². The van der Waals surface area contributed by atoms with Gasteiger partial charge in [-0.05, 0) is 12.8 Å². The quantitative estimate of drug-likeness (QED) is 0.775. The zero-order valence-electron chi connectivity index (χ0n) is 9.87. The molecule has 7 nitrogen and oxygen atoms in total. The van der Waals surface area contributed by atoms with Crippen LogP contribution in [-0.2, 0) is 14.8 Å². The zero-order valence-corrected chi connectivity index (χ0v) is 10.7. The highest BCUT2D eigenvalue weighted by Gasteiger charge is 2.34. The van der Waals surface area contributed by atoms with Gasteiger partial charge in [0.25, 0.3) is 0 Å². The fourth-order valence-electron chi connectivity index (χ4n) is 2.27. The van der Waals surface area contributed by atoms with Crippen LogP contribution in [0.25, 0.3) is 0 Å². The Labute approximate surface area is 105 Å². The number of aromatic nitrogens is 2. The van der Waals surface area contributed by atoms with Crippen LogP contribution in [0.2, 0.25) is 0 Å². The standard InChI is InChI=1S/C10H16N4O3S/c11-10(15)7-14(8-3-1-2-4-8)18(16,17)9-5-12-13-6-9/h5-6,8H,1-4,7H2,(H2,11,15)(H,12,13). The molecule has 1 fully saturated rings. The second-order valence-electron chi connectivity index (χ2n) is 4.39. The number of amides is 1. The normalized spacial score (nSPS) is 17.4. The average Bonchev–Trinajstić information content (AvgIpc) is 2.98. The van der Waals surface area contributed by atoms with Gasteiger partial charge < -0.3 is 5.73 Å². The highest BCUT2D eigenvalue weighted by Crippen LogP contribution is 2.27. The molecule has 3 N–H and O–H groups in total. The summed E-state index contributed by atoms with van der Waals surface area (Å²) in [6, 6.07) is -0.141. The molecule has 0 saturated heterocycles. The lowest BCUT2D eigenvalue weighted by atomic mass is 10.2. The molecule has 0 bridgehead atoms. The van der Waals surface area contributed by atoms with Crippen molar-refractivity contribution in [3.63, 3.8) is 0 Å². The van der Waals surface area contributed by atoms with Crippen LogP contribution in [0.1, 0.15) is 25.7 Å². The number of nitrogens with one attached hydrogen (secondary N) is 1. The van der Waals surface area contributed by atoms with Crippen molar-refractivity contribution in [2.75, 3.05) is 6.54 Å². The van der Waals surface area contributed by atoms with Crippen molar-refractivity contribution in [1.29, 1.82) is 0 Å². The monoisotopic (exact) mass is 272 g/mol. The minimum absolute atomic E-state index is 0.0654. The summed E-state index contributed by atoms with van der Waals surface area (Å²) in [7, 11) is -3.70. The molecule has 1 aromatic heterocycles. The largest absolute Gasteiger partial charge is 0.369 e. The summed E-state index contributed by atoms with van der Waals surface area (Å²) in [6.07, 6.45) is 6.02. The highest BCUT2D eigenvalue weighted by molar-refractivity contribution is 7.89. The summed E-state index contributed by atoms with van der Waals surface area (Å²) < 4.78 is 25.9. The fourth-order valence-corrected chi connectivity index (χ4v) is 3.83. The second kappa shape index (κ2) is 5.07. The third-order valence-corrected chi connectivity index (χ3v) is 4.99. The molecule has 8 heteroatoms. The maximum atomic E-state index is 12.4. The van der Waals surface area contributed by atoms with E-state index in [-0.39, 0.29) is 17.5 Å². The van der Waals surface area contributed by atoms with E-state index >= 15 is 0 Å². The lowest BCUT2D eigenvalue weighted by molar-refractivity contribution is -0.118. The molecule has 0 aliphatic heterocycles. The van der Waals surface area contributed by atoms with Crippen molar-refractivity contribution < 1.29 is 13.2 Å². The summed E-state index contributed by atoms with van der Waals surface area (Å²) in [5.41, 5.74) is 5.14. The second-order valence-corrected chi connectivity index (χ2v) is 6.28. The number of carbonyl (C=O) groups excluding carboxylic acids is 1. The first-order valence-electron chi connectivity index (χ1n) is 5.81. The van der Waals surface area contributed by atoms with Crippen molar-refractivity contribution >= 4 is 15.9 Å².